The van der Waals surface area contributed by atoms with Crippen LogP contribution in [0.25, 0.3) is 11.3 Å². The van der Waals surface area contributed by atoms with Gasteiger partial charge in [-0.3, -0.25) is 0 Å². The van der Waals surface area contributed by atoms with E-state index in [4.69, 9.17) is 14.5 Å². The van der Waals surface area contributed by atoms with E-state index in [1.54, 1.807) is 35.6 Å². The highest BCUT2D eigenvalue weighted by Crippen LogP contribution is 2.37. The third kappa shape index (κ3) is 5.75. The van der Waals surface area contributed by atoms with E-state index in [-0.39, 0.29) is 23.9 Å². The molecule has 1 aliphatic rings. The summed E-state index contributed by atoms with van der Waals surface area (Å²) in [6.07, 6.45) is 2.86. The van der Waals surface area contributed by atoms with Gasteiger partial charge in [-0.05, 0) is 61.6 Å². The van der Waals surface area contributed by atoms with E-state index in [9.17, 15) is 12.8 Å². The van der Waals surface area contributed by atoms with Gasteiger partial charge in [0.05, 0.1) is 26.0 Å². The fourth-order valence-electron chi connectivity index (χ4n) is 3.89. The van der Waals surface area contributed by atoms with Gasteiger partial charge in [0, 0.05) is 23.5 Å². The molecule has 2 N–H and O–H groups in total. The topological polar surface area (TPSA) is 89.6 Å². The van der Waals surface area contributed by atoms with Gasteiger partial charge >= 0.3 is 0 Å². The molecule has 4 rings (SSSR count). The lowest BCUT2D eigenvalue weighted by molar-refractivity contribution is 0.149. The number of aryl methyl sites for hydroxylation is 3. The summed E-state index contributed by atoms with van der Waals surface area (Å²) in [6.45, 7) is 3.13. The molecule has 3 aromatic rings. The lowest BCUT2D eigenvalue weighted by Gasteiger charge is -2.11. The zero-order valence-corrected chi connectivity index (χ0v) is 20.8. The number of nitrogens with zero attached hydrogens (tertiary/aromatic N) is 1. The van der Waals surface area contributed by atoms with Crippen LogP contribution in [0.2, 0.25) is 0 Å². The van der Waals surface area contributed by atoms with Crippen LogP contribution < -0.4 is 14.8 Å². The molecule has 1 heterocycles. The molecule has 0 saturated heterocycles. The van der Waals surface area contributed by atoms with Crippen molar-refractivity contribution in [2.75, 3.05) is 38.7 Å². The molecule has 0 bridgehead atoms. The van der Waals surface area contributed by atoms with E-state index in [0.717, 1.165) is 51.7 Å². The molecular formula is C24H28FN3O4S2. The van der Waals surface area contributed by atoms with Gasteiger partial charge in [-0.15, -0.1) is 11.3 Å². The van der Waals surface area contributed by atoms with E-state index in [1.165, 1.54) is 13.2 Å². The molecule has 0 unspecified atom stereocenters. The average Bonchev–Trinajstić information content (AvgIpc) is 3.14. The minimum atomic E-state index is -3.70. The largest absolute Gasteiger partial charge is 0.495 e. The summed E-state index contributed by atoms with van der Waals surface area (Å²) < 4.78 is 52.2. The maximum Gasteiger partial charge on any atom is 0.244 e. The lowest BCUT2D eigenvalue weighted by Crippen LogP contribution is -2.28. The Kier molecular flexibility index (Phi) is 7.82. The minimum absolute atomic E-state index is 0.113. The van der Waals surface area contributed by atoms with Gasteiger partial charge in [-0.2, -0.15) is 0 Å². The Bertz CT molecular complexity index is 1260. The first kappa shape index (κ1) is 24.6. The molecule has 10 heteroatoms. The number of thiazole rings is 1. The number of aromatic nitrogens is 1. The molecule has 182 valence electrons. The van der Waals surface area contributed by atoms with Crippen molar-refractivity contribution >= 4 is 26.5 Å². The van der Waals surface area contributed by atoms with Crippen LogP contribution in [0.3, 0.4) is 0 Å². The molecule has 1 aromatic heterocycles. The van der Waals surface area contributed by atoms with Crippen molar-refractivity contribution in [3.8, 4) is 17.0 Å². The van der Waals surface area contributed by atoms with Crippen LogP contribution >= 0.6 is 11.3 Å². The number of halogens is 1. The van der Waals surface area contributed by atoms with E-state index in [1.807, 2.05) is 13.0 Å². The Morgan fingerprint density at radius 1 is 1.12 bits per heavy atom. The van der Waals surface area contributed by atoms with E-state index >= 15 is 0 Å². The van der Waals surface area contributed by atoms with Gasteiger partial charge in [-0.25, -0.2) is 22.5 Å². The van der Waals surface area contributed by atoms with Gasteiger partial charge in [0.2, 0.25) is 10.0 Å². The summed E-state index contributed by atoms with van der Waals surface area (Å²) in [6, 6.07) is 9.94. The second-order valence-corrected chi connectivity index (χ2v) is 10.9. The molecule has 0 fully saturated rings. The third-order valence-electron chi connectivity index (χ3n) is 5.54. The number of sulfonamides is 1. The standard InChI is InChI=1S/C24H28FN3O4S2/c1-16-6-9-20(31-2)22(14-16)34(29,30)27-11-13-32-12-10-26-24-28-23-19-15-18(25)8-7-17(19)4-3-5-21(23)33-24/h6-9,14-15,27H,3-5,10-13H2,1-2H3,(H,26,28). The zero-order chi connectivity index (χ0) is 24.1. The maximum absolute atomic E-state index is 13.8. The molecule has 1 aliphatic carbocycles. The summed E-state index contributed by atoms with van der Waals surface area (Å²) in [4.78, 5) is 5.97. The van der Waals surface area contributed by atoms with Crippen molar-refractivity contribution in [3.05, 3.63) is 58.2 Å². The summed E-state index contributed by atoms with van der Waals surface area (Å²) >= 11 is 1.59. The first-order chi connectivity index (χ1) is 16.4. The zero-order valence-electron chi connectivity index (χ0n) is 19.2. The second-order valence-electron chi connectivity index (χ2n) is 8.04. The number of hydrogen-bond acceptors (Lipinski definition) is 7. The van der Waals surface area contributed by atoms with Gasteiger partial charge in [0.15, 0.2) is 5.13 Å². The van der Waals surface area contributed by atoms with Crippen LogP contribution in [0.5, 0.6) is 5.75 Å². The Morgan fingerprint density at radius 3 is 2.76 bits per heavy atom. The number of nitrogens with one attached hydrogen (secondary N) is 2. The lowest BCUT2D eigenvalue weighted by atomic mass is 10.0. The molecule has 0 atom stereocenters. The smallest absolute Gasteiger partial charge is 0.244 e. The van der Waals surface area contributed by atoms with Crippen LogP contribution in [-0.2, 0) is 27.6 Å². The fraction of sp³-hybridized carbons (Fsp3) is 0.375. The minimum Gasteiger partial charge on any atom is -0.495 e. The SMILES string of the molecule is COc1ccc(C)cc1S(=O)(=O)NCCOCCNc1nc2c(s1)CCCc1ccc(F)cc1-2. The predicted molar refractivity (Wildman–Crippen MR) is 132 cm³/mol. The number of ether oxygens (including phenoxy) is 2. The van der Waals surface area contributed by atoms with Crippen molar-refractivity contribution in [1.29, 1.82) is 0 Å². The molecule has 0 amide bonds. The molecule has 0 radical (unpaired) electrons. The van der Waals surface area contributed by atoms with Crippen molar-refractivity contribution in [3.63, 3.8) is 0 Å². The van der Waals surface area contributed by atoms with Crippen molar-refractivity contribution < 1.29 is 22.3 Å². The van der Waals surface area contributed by atoms with Crippen LogP contribution in [0.15, 0.2) is 41.3 Å². The molecule has 2 aromatic carbocycles. The summed E-state index contributed by atoms with van der Waals surface area (Å²) in [7, 11) is -2.26. The van der Waals surface area contributed by atoms with E-state index < -0.39 is 10.0 Å². The Balaban J connectivity index is 1.24. The molecule has 0 spiro atoms. The van der Waals surface area contributed by atoms with Gasteiger partial charge in [-0.1, -0.05) is 12.1 Å². The van der Waals surface area contributed by atoms with E-state index in [2.05, 4.69) is 10.0 Å². The quantitative estimate of drug-likeness (QED) is 0.402. The second kappa shape index (κ2) is 10.8. The molecule has 0 aliphatic heterocycles. The monoisotopic (exact) mass is 505 g/mol. The van der Waals surface area contributed by atoms with Crippen molar-refractivity contribution in [1.82, 2.24) is 9.71 Å². The highest BCUT2D eigenvalue weighted by molar-refractivity contribution is 7.89. The average molecular weight is 506 g/mol. The van der Waals surface area contributed by atoms with Gasteiger partial charge in [0.1, 0.15) is 16.5 Å². The van der Waals surface area contributed by atoms with Gasteiger partial charge < -0.3 is 14.8 Å². The van der Waals surface area contributed by atoms with Crippen molar-refractivity contribution in [2.24, 2.45) is 0 Å². The van der Waals surface area contributed by atoms with Crippen LogP contribution in [0.4, 0.5) is 9.52 Å². The third-order valence-corrected chi connectivity index (χ3v) is 8.10. The fourth-order valence-corrected chi connectivity index (χ4v) is 6.19. The highest BCUT2D eigenvalue weighted by Gasteiger charge is 2.20. The number of benzene rings is 2. The first-order valence-electron chi connectivity index (χ1n) is 11.1. The summed E-state index contributed by atoms with van der Waals surface area (Å²) in [5, 5.41) is 4.03. The normalized spacial score (nSPS) is 13.1. The van der Waals surface area contributed by atoms with Crippen molar-refractivity contribution in [2.45, 2.75) is 31.1 Å². The molecule has 0 saturated carbocycles. The number of methoxy groups -OCH3 is 1. The number of hydrogen-bond donors (Lipinski definition) is 2. The van der Waals surface area contributed by atoms with Crippen LogP contribution in [0.1, 0.15) is 22.4 Å². The van der Waals surface area contributed by atoms with Crippen LogP contribution in [0, 0.1) is 12.7 Å². The molecule has 34 heavy (non-hydrogen) atoms. The van der Waals surface area contributed by atoms with Gasteiger partial charge in [0.25, 0.3) is 0 Å². The Labute approximate surface area is 203 Å². The maximum atomic E-state index is 13.8. The van der Waals surface area contributed by atoms with Crippen LogP contribution in [-0.4, -0.2) is 46.8 Å². The first-order valence-corrected chi connectivity index (χ1v) is 13.4. The Morgan fingerprint density at radius 2 is 1.94 bits per heavy atom. The number of anilines is 1. The molecule has 7 nitrogen and oxygen atoms in total. The number of fused-ring (bicyclic) bond motifs is 3. The van der Waals surface area contributed by atoms with E-state index in [0.29, 0.717) is 18.9 Å². The predicted octanol–water partition coefficient (Wildman–Crippen LogP) is 4.16. The number of rotatable bonds is 10. The highest BCUT2D eigenvalue weighted by atomic mass is 32.2. The summed E-state index contributed by atoms with van der Waals surface area (Å²) in [5.41, 5.74) is 3.70. The summed E-state index contributed by atoms with van der Waals surface area (Å²) in [5.74, 6) is 0.0504. The Hall–Kier alpha value is -2.53. The molecular weight excluding hydrogens is 477 g/mol.